The van der Waals surface area contributed by atoms with Crippen LogP contribution >= 0.6 is 11.8 Å². The second-order valence-corrected chi connectivity index (χ2v) is 6.91. The van der Waals surface area contributed by atoms with E-state index in [1.165, 1.54) is 17.8 Å². The van der Waals surface area contributed by atoms with Crippen molar-refractivity contribution in [1.29, 1.82) is 0 Å². The number of nitrogens with two attached hydrogens (primary N) is 1. The van der Waals surface area contributed by atoms with Gasteiger partial charge in [-0.2, -0.15) is 0 Å². The van der Waals surface area contributed by atoms with Gasteiger partial charge in [-0.25, -0.2) is 9.79 Å². The van der Waals surface area contributed by atoms with E-state index in [-0.39, 0.29) is 5.63 Å². The summed E-state index contributed by atoms with van der Waals surface area (Å²) in [6, 6.07) is 12.9. The van der Waals surface area contributed by atoms with Crippen LogP contribution in [0.15, 0.2) is 56.7 Å². The molecule has 1 heterocycles. The molecule has 26 heavy (non-hydrogen) atoms. The van der Waals surface area contributed by atoms with E-state index in [9.17, 15) is 4.79 Å². The van der Waals surface area contributed by atoms with Crippen molar-refractivity contribution in [2.75, 3.05) is 7.11 Å². The summed E-state index contributed by atoms with van der Waals surface area (Å²) in [5, 5.41) is 1.36. The first-order valence-electron chi connectivity index (χ1n) is 8.12. The minimum absolute atomic E-state index is 0.354. The third-order valence-corrected chi connectivity index (χ3v) is 5.05. The SMILES string of the molecule is COc1ccc(N=C(N)SCc2cc(=O)oc3c(C)c(C)ccc23)cc1. The lowest BCUT2D eigenvalue weighted by Gasteiger charge is -2.08. The van der Waals surface area contributed by atoms with Crippen molar-refractivity contribution in [1.82, 2.24) is 0 Å². The molecule has 134 valence electrons. The molecule has 0 bridgehead atoms. The van der Waals surface area contributed by atoms with Crippen molar-refractivity contribution in [2.45, 2.75) is 19.6 Å². The molecule has 3 aromatic rings. The third kappa shape index (κ3) is 3.91. The molecule has 2 aromatic carbocycles. The molecule has 2 N–H and O–H groups in total. The summed E-state index contributed by atoms with van der Waals surface area (Å²) in [6.45, 7) is 3.95. The standard InChI is InChI=1S/C20H20N2O3S/c1-12-4-9-17-14(10-18(23)25-19(17)13(12)2)11-26-20(21)22-15-5-7-16(24-3)8-6-15/h4-10H,11H2,1-3H3,(H2,21,22). The molecule has 0 unspecified atom stereocenters. The van der Waals surface area contributed by atoms with Gasteiger partial charge in [0.1, 0.15) is 11.3 Å². The van der Waals surface area contributed by atoms with E-state index in [1.807, 2.05) is 50.2 Å². The molecule has 0 aliphatic heterocycles. The maximum atomic E-state index is 11.9. The van der Waals surface area contributed by atoms with Gasteiger partial charge in [-0.1, -0.05) is 23.9 Å². The zero-order valence-electron chi connectivity index (χ0n) is 14.9. The molecule has 0 radical (unpaired) electrons. The van der Waals surface area contributed by atoms with Crippen LogP contribution in [-0.4, -0.2) is 12.3 Å². The molecule has 3 rings (SSSR count). The summed E-state index contributed by atoms with van der Waals surface area (Å²) < 4.78 is 10.5. The minimum atomic E-state index is -0.354. The molecule has 0 amide bonds. The molecule has 5 nitrogen and oxygen atoms in total. The highest BCUT2D eigenvalue weighted by Gasteiger charge is 2.10. The molecular weight excluding hydrogens is 348 g/mol. The molecule has 0 atom stereocenters. The van der Waals surface area contributed by atoms with Gasteiger partial charge in [0, 0.05) is 17.2 Å². The Labute approximate surface area is 155 Å². The van der Waals surface area contributed by atoms with Crippen LogP contribution in [0.25, 0.3) is 11.0 Å². The first-order chi connectivity index (χ1) is 12.5. The first-order valence-corrected chi connectivity index (χ1v) is 9.10. The van der Waals surface area contributed by atoms with Crippen LogP contribution in [0.3, 0.4) is 0 Å². The van der Waals surface area contributed by atoms with Gasteiger partial charge >= 0.3 is 5.63 Å². The van der Waals surface area contributed by atoms with E-state index >= 15 is 0 Å². The molecule has 0 fully saturated rings. The number of aliphatic imine (C=N–C) groups is 1. The monoisotopic (exact) mass is 368 g/mol. The van der Waals surface area contributed by atoms with E-state index in [0.717, 1.165) is 33.5 Å². The summed E-state index contributed by atoms with van der Waals surface area (Å²) in [6.07, 6.45) is 0. The van der Waals surface area contributed by atoms with Crippen molar-refractivity contribution in [2.24, 2.45) is 10.7 Å². The normalized spacial score (nSPS) is 11.7. The van der Waals surface area contributed by atoms with Gasteiger partial charge in [0.05, 0.1) is 12.8 Å². The molecule has 0 aliphatic rings. The quantitative estimate of drug-likeness (QED) is 0.422. The number of hydrogen-bond donors (Lipinski definition) is 1. The van der Waals surface area contributed by atoms with Crippen molar-refractivity contribution in [3.63, 3.8) is 0 Å². The lowest BCUT2D eigenvalue weighted by Crippen LogP contribution is -2.07. The Morgan fingerprint density at radius 1 is 1.19 bits per heavy atom. The maximum absolute atomic E-state index is 11.9. The number of fused-ring (bicyclic) bond motifs is 1. The Balaban J connectivity index is 1.83. The van der Waals surface area contributed by atoms with Gasteiger partial charge in [-0.05, 0) is 54.8 Å². The Bertz CT molecular complexity index is 1020. The number of nitrogens with zero attached hydrogens (tertiary/aromatic N) is 1. The summed E-state index contributed by atoms with van der Waals surface area (Å²) in [7, 11) is 1.62. The Morgan fingerprint density at radius 2 is 1.92 bits per heavy atom. The van der Waals surface area contributed by atoms with E-state index in [2.05, 4.69) is 4.99 Å². The molecule has 6 heteroatoms. The summed E-state index contributed by atoms with van der Waals surface area (Å²) in [4.78, 5) is 16.3. The topological polar surface area (TPSA) is 77.8 Å². The van der Waals surface area contributed by atoms with Gasteiger partial charge in [0.15, 0.2) is 5.17 Å². The van der Waals surface area contributed by atoms with Crippen molar-refractivity contribution in [3.8, 4) is 5.75 Å². The van der Waals surface area contributed by atoms with E-state index in [1.54, 1.807) is 7.11 Å². The number of aryl methyl sites for hydroxylation is 2. The van der Waals surface area contributed by atoms with E-state index in [4.69, 9.17) is 14.9 Å². The first kappa shape index (κ1) is 18.1. The van der Waals surface area contributed by atoms with E-state index < -0.39 is 0 Å². The number of thioether (sulfide) groups is 1. The van der Waals surface area contributed by atoms with Gasteiger partial charge < -0.3 is 14.9 Å². The van der Waals surface area contributed by atoms with Gasteiger partial charge in [0.25, 0.3) is 0 Å². The molecule has 0 saturated heterocycles. The number of benzene rings is 2. The number of amidine groups is 1. The fourth-order valence-corrected chi connectivity index (χ4v) is 3.32. The summed E-state index contributed by atoms with van der Waals surface area (Å²) in [5.74, 6) is 1.30. The second kappa shape index (κ2) is 7.66. The average Bonchev–Trinajstić information content (AvgIpc) is 2.64. The van der Waals surface area contributed by atoms with Crippen LogP contribution in [0.4, 0.5) is 5.69 Å². The Morgan fingerprint density at radius 3 is 2.62 bits per heavy atom. The van der Waals surface area contributed by atoms with Crippen LogP contribution in [-0.2, 0) is 5.75 Å². The van der Waals surface area contributed by atoms with E-state index in [0.29, 0.717) is 16.5 Å². The largest absolute Gasteiger partial charge is 0.497 e. The van der Waals surface area contributed by atoms with Crippen LogP contribution in [0.5, 0.6) is 5.75 Å². The van der Waals surface area contributed by atoms with Gasteiger partial charge in [-0.3, -0.25) is 0 Å². The van der Waals surface area contributed by atoms with Crippen LogP contribution in [0, 0.1) is 13.8 Å². The fraction of sp³-hybridized carbons (Fsp3) is 0.200. The number of hydrogen-bond acceptors (Lipinski definition) is 5. The number of rotatable bonds is 4. The zero-order valence-corrected chi connectivity index (χ0v) is 15.7. The fourth-order valence-electron chi connectivity index (χ4n) is 2.61. The minimum Gasteiger partial charge on any atom is -0.497 e. The van der Waals surface area contributed by atoms with Crippen LogP contribution in [0.2, 0.25) is 0 Å². The lowest BCUT2D eigenvalue weighted by atomic mass is 10.0. The number of methoxy groups -OCH3 is 1. The predicted molar refractivity (Wildman–Crippen MR) is 108 cm³/mol. The maximum Gasteiger partial charge on any atom is 0.336 e. The third-order valence-electron chi connectivity index (χ3n) is 4.20. The lowest BCUT2D eigenvalue weighted by molar-refractivity contribution is 0.415. The predicted octanol–water partition coefficient (Wildman–Crippen LogP) is 4.30. The van der Waals surface area contributed by atoms with Crippen LogP contribution < -0.4 is 16.1 Å². The summed E-state index contributed by atoms with van der Waals surface area (Å²) in [5.41, 5.74) is 10.0. The number of ether oxygens (including phenoxy) is 1. The summed E-state index contributed by atoms with van der Waals surface area (Å²) >= 11 is 1.38. The highest BCUT2D eigenvalue weighted by Crippen LogP contribution is 2.26. The van der Waals surface area contributed by atoms with Gasteiger partial charge in [0.2, 0.25) is 0 Å². The Kier molecular flexibility index (Phi) is 5.32. The van der Waals surface area contributed by atoms with Gasteiger partial charge in [-0.15, -0.1) is 0 Å². The molecule has 0 aliphatic carbocycles. The zero-order chi connectivity index (χ0) is 18.7. The van der Waals surface area contributed by atoms with Crippen molar-refractivity contribution in [3.05, 3.63) is 69.6 Å². The molecular formula is C20H20N2O3S. The molecule has 1 aromatic heterocycles. The Hall–Kier alpha value is -2.73. The smallest absolute Gasteiger partial charge is 0.336 e. The van der Waals surface area contributed by atoms with Crippen molar-refractivity contribution >= 4 is 33.6 Å². The molecule has 0 spiro atoms. The highest BCUT2D eigenvalue weighted by atomic mass is 32.2. The average molecular weight is 368 g/mol. The molecule has 0 saturated carbocycles. The second-order valence-electron chi connectivity index (χ2n) is 5.91. The van der Waals surface area contributed by atoms with Crippen LogP contribution in [0.1, 0.15) is 16.7 Å². The van der Waals surface area contributed by atoms with Crippen molar-refractivity contribution < 1.29 is 9.15 Å². The highest BCUT2D eigenvalue weighted by molar-refractivity contribution is 8.13.